The summed E-state index contributed by atoms with van der Waals surface area (Å²) < 4.78 is 18.9. The molecule has 1 unspecified atom stereocenters. The van der Waals surface area contributed by atoms with E-state index in [1.165, 1.54) is 0 Å². The summed E-state index contributed by atoms with van der Waals surface area (Å²) in [5.41, 5.74) is 4.21. The van der Waals surface area contributed by atoms with E-state index in [-0.39, 0.29) is 0 Å². The minimum Gasteiger partial charge on any atom is -0.606 e. The molecule has 0 fully saturated rings. The Bertz CT molecular complexity index is 900. The Labute approximate surface area is 138 Å². The molecule has 1 atom stereocenters. The Hall–Kier alpha value is -2.17. The zero-order valence-electron chi connectivity index (χ0n) is 13.3. The van der Waals surface area contributed by atoms with Crippen LogP contribution in [0.2, 0.25) is 0 Å². The van der Waals surface area contributed by atoms with Crippen LogP contribution in [-0.4, -0.2) is 4.55 Å². The van der Waals surface area contributed by atoms with Crippen LogP contribution in [0.4, 0.5) is 17.3 Å². The first-order valence-electron chi connectivity index (χ1n) is 7.55. The Kier molecular flexibility index (Phi) is 3.25. The quantitative estimate of drug-likeness (QED) is 0.581. The van der Waals surface area contributed by atoms with Crippen LogP contribution in [0.25, 0.3) is 0 Å². The molecule has 23 heavy (non-hydrogen) atoms. The molecule has 1 aliphatic heterocycles. The van der Waals surface area contributed by atoms with Crippen molar-refractivity contribution in [3.63, 3.8) is 0 Å². The van der Waals surface area contributed by atoms with Crippen LogP contribution >= 0.6 is 0 Å². The van der Waals surface area contributed by atoms with E-state index >= 15 is 0 Å². The lowest BCUT2D eigenvalue weighted by molar-refractivity contribution is 0.532. The van der Waals surface area contributed by atoms with Gasteiger partial charge >= 0.3 is 0 Å². The maximum atomic E-state index is 13.0. The van der Waals surface area contributed by atoms with Gasteiger partial charge < -0.3 is 8.97 Å². The third-order valence-electron chi connectivity index (χ3n) is 4.12. The highest BCUT2D eigenvalue weighted by Gasteiger charge is 2.38. The van der Waals surface area contributed by atoms with Gasteiger partial charge in [-0.3, -0.25) is 4.90 Å². The molecule has 0 N–H and O–H groups in total. The molecule has 3 nitrogen and oxygen atoms in total. The van der Waals surface area contributed by atoms with Crippen molar-refractivity contribution in [2.75, 3.05) is 4.90 Å². The van der Waals surface area contributed by atoms with Gasteiger partial charge in [-0.25, -0.2) is 0 Å². The summed E-state index contributed by atoms with van der Waals surface area (Å²) in [5, 5.41) is 0. The van der Waals surface area contributed by atoms with Crippen molar-refractivity contribution in [1.82, 2.24) is 0 Å². The van der Waals surface area contributed by atoms with Crippen LogP contribution in [0.1, 0.15) is 16.9 Å². The van der Waals surface area contributed by atoms with E-state index in [1.807, 2.05) is 50.2 Å². The highest BCUT2D eigenvalue weighted by molar-refractivity contribution is 7.92. The van der Waals surface area contributed by atoms with Crippen molar-refractivity contribution < 1.29 is 8.97 Å². The molecular weight excluding hydrogens is 306 g/mol. The maximum Gasteiger partial charge on any atom is 0.261 e. The predicted molar refractivity (Wildman–Crippen MR) is 92.3 cm³/mol. The van der Waals surface area contributed by atoms with Gasteiger partial charge in [0.2, 0.25) is 4.90 Å². The lowest BCUT2D eigenvalue weighted by Gasteiger charge is -2.30. The molecule has 0 aliphatic carbocycles. The highest BCUT2D eigenvalue weighted by Crippen LogP contribution is 2.49. The van der Waals surface area contributed by atoms with Crippen molar-refractivity contribution in [2.24, 2.45) is 0 Å². The van der Waals surface area contributed by atoms with E-state index in [4.69, 9.17) is 4.42 Å². The molecule has 0 bridgehead atoms. The minimum atomic E-state index is -1.22. The van der Waals surface area contributed by atoms with Gasteiger partial charge in [-0.2, -0.15) is 0 Å². The number of rotatable bonds is 1. The van der Waals surface area contributed by atoms with Crippen molar-refractivity contribution in [1.29, 1.82) is 0 Å². The standard InChI is InChI=1S/C19H17NO2S/c1-12-8-9-16-17(10-12)23(21)18-11-14(3)22-19(18)20(16)15-7-5-4-6-13(15)2/h4-11H,1-3H3. The zero-order valence-corrected chi connectivity index (χ0v) is 14.1. The Morgan fingerprint density at radius 3 is 2.48 bits per heavy atom. The first kappa shape index (κ1) is 14.4. The van der Waals surface area contributed by atoms with Crippen molar-refractivity contribution in [2.45, 2.75) is 30.6 Å². The normalized spacial score (nSPS) is 16.2. The van der Waals surface area contributed by atoms with E-state index in [0.29, 0.717) is 5.88 Å². The van der Waals surface area contributed by atoms with E-state index in [9.17, 15) is 4.55 Å². The topological polar surface area (TPSA) is 39.4 Å². The van der Waals surface area contributed by atoms with Crippen LogP contribution in [-0.2, 0) is 11.2 Å². The summed E-state index contributed by atoms with van der Waals surface area (Å²) in [6.07, 6.45) is 0. The van der Waals surface area contributed by atoms with Crippen molar-refractivity contribution >= 4 is 28.4 Å². The second kappa shape index (κ2) is 5.18. The van der Waals surface area contributed by atoms with E-state index in [2.05, 4.69) is 24.0 Å². The van der Waals surface area contributed by atoms with Gasteiger partial charge in [0.25, 0.3) is 5.88 Å². The molecule has 116 valence electrons. The lowest BCUT2D eigenvalue weighted by Crippen LogP contribution is -2.21. The van der Waals surface area contributed by atoms with Crippen LogP contribution in [0.5, 0.6) is 0 Å². The smallest absolute Gasteiger partial charge is 0.261 e. The highest BCUT2D eigenvalue weighted by atomic mass is 32.2. The fourth-order valence-corrected chi connectivity index (χ4v) is 4.45. The first-order valence-corrected chi connectivity index (χ1v) is 8.70. The van der Waals surface area contributed by atoms with Crippen LogP contribution in [0, 0.1) is 20.8 Å². The molecule has 0 spiro atoms. The third kappa shape index (κ3) is 2.18. The summed E-state index contributed by atoms with van der Waals surface area (Å²) in [6.45, 7) is 5.98. The van der Waals surface area contributed by atoms with Gasteiger partial charge in [0, 0.05) is 17.2 Å². The number of hydrogen-bond acceptors (Lipinski definition) is 3. The number of para-hydroxylation sites is 1. The SMILES string of the molecule is Cc1ccc2c(c1)[S+]([O-])c1cc(C)oc1N2c1ccccc1C. The van der Waals surface area contributed by atoms with E-state index in [1.54, 1.807) is 0 Å². The van der Waals surface area contributed by atoms with Crippen molar-refractivity contribution in [3.8, 4) is 0 Å². The molecule has 2 heterocycles. The molecule has 1 aromatic heterocycles. The molecule has 0 saturated heterocycles. The van der Waals surface area contributed by atoms with E-state index < -0.39 is 11.2 Å². The second-order valence-electron chi connectivity index (χ2n) is 5.89. The number of anilines is 3. The molecule has 2 aromatic carbocycles. The number of nitrogens with zero attached hydrogens (tertiary/aromatic N) is 1. The van der Waals surface area contributed by atoms with Gasteiger partial charge in [0.15, 0.2) is 4.90 Å². The number of fused-ring (bicyclic) bond motifs is 2. The fourth-order valence-electron chi connectivity index (χ4n) is 3.00. The van der Waals surface area contributed by atoms with Gasteiger partial charge in [0.05, 0.1) is 5.69 Å². The molecular formula is C19H17NO2S. The Morgan fingerprint density at radius 1 is 0.913 bits per heavy atom. The molecule has 4 heteroatoms. The third-order valence-corrected chi connectivity index (χ3v) is 5.54. The number of hydrogen-bond donors (Lipinski definition) is 0. The van der Waals surface area contributed by atoms with Crippen LogP contribution in [0.3, 0.4) is 0 Å². The van der Waals surface area contributed by atoms with Crippen LogP contribution < -0.4 is 4.90 Å². The Morgan fingerprint density at radius 2 is 1.70 bits per heavy atom. The summed E-state index contributed by atoms with van der Waals surface area (Å²) in [4.78, 5) is 3.65. The maximum absolute atomic E-state index is 13.0. The number of benzene rings is 2. The summed E-state index contributed by atoms with van der Waals surface area (Å²) >= 11 is -1.22. The molecule has 1 aliphatic rings. The molecule has 4 rings (SSSR count). The first-order chi connectivity index (χ1) is 11.1. The summed E-state index contributed by atoms with van der Waals surface area (Å²) in [6, 6.07) is 16.1. The predicted octanol–water partition coefficient (Wildman–Crippen LogP) is 5.15. The largest absolute Gasteiger partial charge is 0.606 e. The zero-order chi connectivity index (χ0) is 16.1. The van der Waals surface area contributed by atoms with Gasteiger partial charge in [-0.05, 0) is 50.1 Å². The van der Waals surface area contributed by atoms with Crippen LogP contribution in [0.15, 0.2) is 62.7 Å². The molecule has 3 aromatic rings. The summed E-state index contributed by atoms with van der Waals surface area (Å²) in [7, 11) is 0. The molecule has 0 saturated carbocycles. The molecule has 0 radical (unpaired) electrons. The Balaban J connectivity index is 2.03. The monoisotopic (exact) mass is 323 g/mol. The summed E-state index contributed by atoms with van der Waals surface area (Å²) in [5.74, 6) is 1.43. The fraction of sp³-hybridized carbons (Fsp3) is 0.158. The lowest BCUT2D eigenvalue weighted by atomic mass is 10.1. The van der Waals surface area contributed by atoms with Gasteiger partial charge in [-0.1, -0.05) is 24.3 Å². The van der Waals surface area contributed by atoms with Gasteiger partial charge in [0.1, 0.15) is 11.4 Å². The average molecular weight is 323 g/mol. The molecule has 0 amide bonds. The minimum absolute atomic E-state index is 0.659. The number of aryl methyl sites for hydroxylation is 3. The average Bonchev–Trinajstić information content (AvgIpc) is 2.91. The van der Waals surface area contributed by atoms with Crippen molar-refractivity contribution in [3.05, 3.63) is 65.4 Å². The van der Waals surface area contributed by atoms with E-state index in [0.717, 1.165) is 38.1 Å². The number of furan rings is 1. The second-order valence-corrected chi connectivity index (χ2v) is 7.31. The van der Waals surface area contributed by atoms with Gasteiger partial charge in [-0.15, -0.1) is 0 Å².